The molecule has 0 aliphatic rings. The summed E-state index contributed by atoms with van der Waals surface area (Å²) in [6.07, 6.45) is 3.02. The van der Waals surface area contributed by atoms with Crippen molar-refractivity contribution in [3.05, 3.63) is 125 Å². The van der Waals surface area contributed by atoms with Crippen molar-refractivity contribution < 1.29 is 13.9 Å². The van der Waals surface area contributed by atoms with Crippen LogP contribution in [0.15, 0.2) is 97.1 Å². The number of benzene rings is 4. The minimum Gasteiger partial charge on any atom is -0.494 e. The SMILES string of the molecule is Cc1c(-c2ccc(F)cc2)n(Cc2ccc(OCCCC=O)cc2)c2ccc(Cc3ccccc3)cc12. The Hall–Kier alpha value is -4.18. The third kappa shape index (κ3) is 5.64. The van der Waals surface area contributed by atoms with Gasteiger partial charge in [0.05, 0.1) is 12.3 Å². The van der Waals surface area contributed by atoms with E-state index in [0.29, 0.717) is 26.0 Å². The molecule has 0 spiro atoms. The van der Waals surface area contributed by atoms with Crippen molar-refractivity contribution in [3.63, 3.8) is 0 Å². The van der Waals surface area contributed by atoms with Gasteiger partial charge in [-0.2, -0.15) is 0 Å². The van der Waals surface area contributed by atoms with Gasteiger partial charge in [-0.25, -0.2) is 4.39 Å². The lowest BCUT2D eigenvalue weighted by molar-refractivity contribution is -0.108. The summed E-state index contributed by atoms with van der Waals surface area (Å²) >= 11 is 0. The fraction of sp³-hybridized carbons (Fsp3) is 0.182. The molecule has 0 N–H and O–H groups in total. The summed E-state index contributed by atoms with van der Waals surface area (Å²) in [6, 6.07) is 32.1. The first-order valence-electron chi connectivity index (χ1n) is 12.7. The second-order valence-corrected chi connectivity index (χ2v) is 9.38. The number of halogens is 1. The van der Waals surface area contributed by atoms with Crippen LogP contribution in [0.25, 0.3) is 22.2 Å². The van der Waals surface area contributed by atoms with Crippen molar-refractivity contribution in [2.45, 2.75) is 32.7 Å². The number of aromatic nitrogens is 1. The molecule has 1 aromatic heterocycles. The van der Waals surface area contributed by atoms with Gasteiger partial charge in [-0.3, -0.25) is 0 Å². The number of carbonyl (C=O) groups excluding carboxylic acids is 1. The van der Waals surface area contributed by atoms with E-state index in [4.69, 9.17) is 4.74 Å². The van der Waals surface area contributed by atoms with E-state index >= 15 is 0 Å². The summed E-state index contributed by atoms with van der Waals surface area (Å²) in [5.74, 6) is 0.561. The van der Waals surface area contributed by atoms with E-state index in [0.717, 1.165) is 40.8 Å². The number of hydrogen-bond donors (Lipinski definition) is 0. The molecule has 0 aliphatic carbocycles. The van der Waals surface area contributed by atoms with Gasteiger partial charge in [0.2, 0.25) is 0 Å². The molecule has 37 heavy (non-hydrogen) atoms. The Balaban J connectivity index is 1.50. The topological polar surface area (TPSA) is 31.2 Å². The molecule has 4 aromatic carbocycles. The lowest BCUT2D eigenvalue weighted by Crippen LogP contribution is -2.03. The van der Waals surface area contributed by atoms with Crippen LogP contribution in [0.1, 0.15) is 35.1 Å². The highest BCUT2D eigenvalue weighted by Gasteiger charge is 2.17. The van der Waals surface area contributed by atoms with E-state index in [1.807, 2.05) is 30.3 Å². The maximum atomic E-state index is 13.7. The maximum Gasteiger partial charge on any atom is 0.123 e. The molecule has 0 aliphatic heterocycles. The van der Waals surface area contributed by atoms with Crippen LogP contribution in [0.3, 0.4) is 0 Å². The monoisotopic (exact) mass is 491 g/mol. The molecule has 5 rings (SSSR count). The third-order valence-electron chi connectivity index (χ3n) is 6.75. The second-order valence-electron chi connectivity index (χ2n) is 9.38. The van der Waals surface area contributed by atoms with Crippen LogP contribution >= 0.6 is 0 Å². The van der Waals surface area contributed by atoms with Crippen LogP contribution in [0, 0.1) is 12.7 Å². The van der Waals surface area contributed by atoms with Crippen LogP contribution < -0.4 is 4.74 Å². The van der Waals surface area contributed by atoms with E-state index in [1.165, 1.54) is 34.2 Å². The molecule has 0 radical (unpaired) electrons. The van der Waals surface area contributed by atoms with E-state index in [9.17, 15) is 9.18 Å². The first kappa shape index (κ1) is 24.5. The summed E-state index contributed by atoms with van der Waals surface area (Å²) in [6.45, 7) is 3.36. The number of carbonyl (C=O) groups is 1. The number of fused-ring (bicyclic) bond motifs is 1. The molecule has 1 heterocycles. The Morgan fingerprint density at radius 2 is 1.57 bits per heavy atom. The summed E-state index contributed by atoms with van der Waals surface area (Å²) in [4.78, 5) is 10.5. The lowest BCUT2D eigenvalue weighted by atomic mass is 10.0. The molecule has 0 atom stereocenters. The average Bonchev–Trinajstić information content (AvgIpc) is 3.19. The highest BCUT2D eigenvalue weighted by Crippen LogP contribution is 2.35. The van der Waals surface area contributed by atoms with Crippen LogP contribution in [0.4, 0.5) is 4.39 Å². The quantitative estimate of drug-likeness (QED) is 0.148. The molecular weight excluding hydrogens is 461 g/mol. The molecule has 0 bridgehead atoms. The van der Waals surface area contributed by atoms with Gasteiger partial charge in [-0.05, 0) is 96.1 Å². The first-order valence-corrected chi connectivity index (χ1v) is 12.7. The lowest BCUT2D eigenvalue weighted by Gasteiger charge is -2.13. The van der Waals surface area contributed by atoms with Crippen molar-refractivity contribution in [1.82, 2.24) is 4.57 Å². The van der Waals surface area contributed by atoms with Gasteiger partial charge in [0, 0.05) is 23.9 Å². The summed E-state index contributed by atoms with van der Waals surface area (Å²) in [5, 5.41) is 1.21. The van der Waals surface area contributed by atoms with Crippen molar-refractivity contribution in [2.24, 2.45) is 0 Å². The zero-order chi connectivity index (χ0) is 25.6. The van der Waals surface area contributed by atoms with E-state index in [2.05, 4.69) is 66.1 Å². The van der Waals surface area contributed by atoms with E-state index < -0.39 is 0 Å². The number of aldehydes is 1. The Kier molecular flexibility index (Phi) is 7.46. The fourth-order valence-corrected chi connectivity index (χ4v) is 4.89. The summed E-state index contributed by atoms with van der Waals surface area (Å²) < 4.78 is 21.8. The van der Waals surface area contributed by atoms with Gasteiger partial charge >= 0.3 is 0 Å². The standard InChI is InChI=1S/C33H30FNO2/c1-24-31-22-27(21-25-7-3-2-4-8-25)11-18-32(31)35(33(24)28-12-14-29(34)15-13-28)23-26-9-16-30(17-10-26)37-20-6-5-19-36/h2-4,7-19,22H,5-6,20-21,23H2,1H3. The maximum absolute atomic E-state index is 13.7. The van der Waals surface area contributed by atoms with Gasteiger partial charge in [0.15, 0.2) is 0 Å². The van der Waals surface area contributed by atoms with Crippen LogP contribution in [0.5, 0.6) is 5.75 Å². The number of rotatable bonds is 10. The highest BCUT2D eigenvalue weighted by molar-refractivity contribution is 5.92. The summed E-state index contributed by atoms with van der Waals surface area (Å²) in [5.41, 5.74) is 8.13. The number of ether oxygens (including phenoxy) is 1. The fourth-order valence-electron chi connectivity index (χ4n) is 4.89. The molecular formula is C33H30FNO2. The number of hydrogen-bond acceptors (Lipinski definition) is 2. The molecule has 0 amide bonds. The second kappa shape index (κ2) is 11.3. The van der Waals surface area contributed by atoms with Gasteiger partial charge in [-0.15, -0.1) is 0 Å². The third-order valence-corrected chi connectivity index (χ3v) is 6.75. The molecule has 5 aromatic rings. The average molecular weight is 492 g/mol. The first-order chi connectivity index (χ1) is 18.1. The zero-order valence-electron chi connectivity index (χ0n) is 21.0. The van der Waals surface area contributed by atoms with Gasteiger partial charge < -0.3 is 14.1 Å². The highest BCUT2D eigenvalue weighted by atomic mass is 19.1. The Bertz CT molecular complexity index is 1490. The minimum atomic E-state index is -0.238. The van der Waals surface area contributed by atoms with Crippen molar-refractivity contribution >= 4 is 17.2 Å². The normalized spacial score (nSPS) is 11.1. The Morgan fingerprint density at radius 1 is 0.838 bits per heavy atom. The van der Waals surface area contributed by atoms with Gasteiger partial charge in [-0.1, -0.05) is 48.5 Å². The van der Waals surface area contributed by atoms with Crippen LogP contribution in [-0.4, -0.2) is 17.5 Å². The smallest absolute Gasteiger partial charge is 0.123 e. The molecule has 0 unspecified atom stereocenters. The predicted octanol–water partition coefficient (Wildman–Crippen LogP) is 7.75. The minimum absolute atomic E-state index is 0.238. The van der Waals surface area contributed by atoms with Gasteiger partial charge in [0.1, 0.15) is 17.9 Å². The van der Waals surface area contributed by atoms with E-state index in [1.54, 1.807) is 0 Å². The number of unbranched alkanes of at least 4 members (excludes halogenated alkanes) is 1. The Morgan fingerprint density at radius 3 is 2.30 bits per heavy atom. The number of aryl methyl sites for hydroxylation is 1. The zero-order valence-corrected chi connectivity index (χ0v) is 21.0. The Labute approximate surface area is 217 Å². The summed E-state index contributed by atoms with van der Waals surface area (Å²) in [7, 11) is 0. The predicted molar refractivity (Wildman–Crippen MR) is 148 cm³/mol. The molecule has 3 nitrogen and oxygen atoms in total. The van der Waals surface area contributed by atoms with Crippen LogP contribution in [-0.2, 0) is 17.8 Å². The van der Waals surface area contributed by atoms with Crippen LogP contribution in [0.2, 0.25) is 0 Å². The molecule has 0 saturated heterocycles. The number of nitrogens with zero attached hydrogens (tertiary/aromatic N) is 1. The van der Waals surface area contributed by atoms with Crippen molar-refractivity contribution in [2.75, 3.05) is 6.61 Å². The van der Waals surface area contributed by atoms with Crippen molar-refractivity contribution in [1.29, 1.82) is 0 Å². The van der Waals surface area contributed by atoms with Gasteiger partial charge in [0.25, 0.3) is 0 Å². The van der Waals surface area contributed by atoms with Crippen molar-refractivity contribution in [3.8, 4) is 17.0 Å². The molecule has 4 heteroatoms. The molecule has 0 saturated carbocycles. The molecule has 186 valence electrons. The van der Waals surface area contributed by atoms with E-state index in [-0.39, 0.29) is 5.82 Å². The largest absolute Gasteiger partial charge is 0.494 e. The molecule has 0 fully saturated rings.